The van der Waals surface area contributed by atoms with Crippen LogP contribution < -0.4 is 10.6 Å². The third kappa shape index (κ3) is 4.82. The highest BCUT2D eigenvalue weighted by atomic mass is 35.5. The Morgan fingerprint density at radius 2 is 2.00 bits per heavy atom. The molecule has 3 rings (SSSR count). The van der Waals surface area contributed by atoms with Crippen LogP contribution in [0, 0.1) is 13.8 Å². The maximum absolute atomic E-state index is 6.11. The van der Waals surface area contributed by atoms with Gasteiger partial charge in [0.25, 0.3) is 0 Å². The molecule has 0 aliphatic carbocycles. The largest absolute Gasteiger partial charge is 0.362 e. The number of benzene rings is 1. The van der Waals surface area contributed by atoms with Gasteiger partial charge in [0.15, 0.2) is 5.11 Å². The normalized spacial score (nSPS) is 10.9. The molecule has 0 atom stereocenters. The van der Waals surface area contributed by atoms with E-state index < -0.39 is 0 Å². The summed E-state index contributed by atoms with van der Waals surface area (Å²) in [5, 5.41) is 16.6. The number of halogens is 2. The third-order valence-electron chi connectivity index (χ3n) is 4.09. The number of aromatic nitrogens is 4. The molecule has 28 heavy (non-hydrogen) atoms. The van der Waals surface area contributed by atoms with Gasteiger partial charge in [-0.15, -0.1) is 0 Å². The summed E-state index contributed by atoms with van der Waals surface area (Å²) in [5.74, 6) is 0. The minimum Gasteiger partial charge on any atom is -0.362 e. The van der Waals surface area contributed by atoms with Gasteiger partial charge in [0, 0.05) is 7.11 Å². The van der Waals surface area contributed by atoms with E-state index in [4.69, 9.17) is 40.2 Å². The third-order valence-corrected chi connectivity index (χ3v) is 5.03. The van der Waals surface area contributed by atoms with Crippen LogP contribution in [0.2, 0.25) is 10.0 Å². The average molecular weight is 439 g/mol. The van der Waals surface area contributed by atoms with Crippen LogP contribution in [0.4, 0.5) is 11.4 Å². The van der Waals surface area contributed by atoms with Gasteiger partial charge in [0.2, 0.25) is 0 Å². The van der Waals surface area contributed by atoms with Crippen LogP contribution in [0.25, 0.3) is 0 Å². The quantitative estimate of drug-likeness (QED) is 0.553. The van der Waals surface area contributed by atoms with E-state index in [0.29, 0.717) is 28.4 Å². The summed E-state index contributed by atoms with van der Waals surface area (Å²) in [7, 11) is 1.61. The number of nitrogens with one attached hydrogen (secondary N) is 2. The Balaban J connectivity index is 1.70. The lowest BCUT2D eigenvalue weighted by molar-refractivity contribution is 0.120. The van der Waals surface area contributed by atoms with Crippen molar-refractivity contribution in [3.05, 3.63) is 57.6 Å². The fourth-order valence-electron chi connectivity index (χ4n) is 2.75. The van der Waals surface area contributed by atoms with Crippen LogP contribution in [0.1, 0.15) is 17.0 Å². The fraction of sp³-hybridized carbons (Fsp3) is 0.278. The van der Waals surface area contributed by atoms with Gasteiger partial charge in [0.1, 0.15) is 6.73 Å². The smallest absolute Gasteiger partial charge is 0.175 e. The van der Waals surface area contributed by atoms with Crippen molar-refractivity contribution in [2.75, 3.05) is 17.7 Å². The van der Waals surface area contributed by atoms with E-state index in [-0.39, 0.29) is 0 Å². The van der Waals surface area contributed by atoms with Crippen LogP contribution >= 0.6 is 35.4 Å². The standard InChI is InChI=1S/C18H20Cl2N6OS/c1-11-17(23-18(28)22-14-7-21-25(9-14)10-27-3)12(2)26(24-11)8-13-4-5-15(19)16(20)6-13/h4-7,9H,8,10H2,1-3H3,(H2,22,23,28). The maximum Gasteiger partial charge on any atom is 0.175 e. The Labute approximate surface area is 178 Å². The van der Waals surface area contributed by atoms with E-state index in [1.807, 2.05) is 36.9 Å². The molecule has 0 bridgehead atoms. The molecule has 0 unspecified atom stereocenters. The number of aryl methyl sites for hydroxylation is 1. The summed E-state index contributed by atoms with van der Waals surface area (Å²) in [6.45, 7) is 4.87. The monoisotopic (exact) mass is 438 g/mol. The van der Waals surface area contributed by atoms with Crippen LogP contribution in [0.15, 0.2) is 30.6 Å². The number of nitrogens with zero attached hydrogens (tertiary/aromatic N) is 4. The van der Waals surface area contributed by atoms with Crippen molar-refractivity contribution in [3.63, 3.8) is 0 Å². The van der Waals surface area contributed by atoms with Crippen molar-refractivity contribution in [1.29, 1.82) is 0 Å². The highest BCUT2D eigenvalue weighted by Crippen LogP contribution is 2.25. The summed E-state index contributed by atoms with van der Waals surface area (Å²) < 4.78 is 8.60. The summed E-state index contributed by atoms with van der Waals surface area (Å²) in [6, 6.07) is 5.56. The molecule has 7 nitrogen and oxygen atoms in total. The molecule has 2 heterocycles. The van der Waals surface area contributed by atoms with Crippen molar-refractivity contribution in [1.82, 2.24) is 19.6 Å². The Morgan fingerprint density at radius 1 is 1.21 bits per heavy atom. The first-order valence-corrected chi connectivity index (χ1v) is 9.61. The van der Waals surface area contributed by atoms with Crippen LogP contribution in [0.3, 0.4) is 0 Å². The molecule has 0 spiro atoms. The first-order chi connectivity index (χ1) is 13.4. The summed E-state index contributed by atoms with van der Waals surface area (Å²) in [4.78, 5) is 0. The second-order valence-corrected chi connectivity index (χ2v) is 7.44. The van der Waals surface area contributed by atoms with Gasteiger partial charge in [-0.2, -0.15) is 10.2 Å². The zero-order valence-corrected chi connectivity index (χ0v) is 18.0. The van der Waals surface area contributed by atoms with Crippen molar-refractivity contribution in [2.24, 2.45) is 0 Å². The Morgan fingerprint density at radius 3 is 2.71 bits per heavy atom. The van der Waals surface area contributed by atoms with E-state index in [2.05, 4.69) is 20.8 Å². The van der Waals surface area contributed by atoms with E-state index in [1.165, 1.54) is 0 Å². The molecular formula is C18H20Cl2N6OS. The number of thiocarbonyl (C=S) groups is 1. The molecule has 0 fully saturated rings. The predicted octanol–water partition coefficient (Wildman–Crippen LogP) is 4.46. The maximum atomic E-state index is 6.11. The predicted molar refractivity (Wildman–Crippen MR) is 116 cm³/mol. The van der Waals surface area contributed by atoms with E-state index in [9.17, 15) is 0 Å². The first kappa shape index (κ1) is 20.6. The first-order valence-electron chi connectivity index (χ1n) is 8.44. The second kappa shape index (κ2) is 8.91. The molecular weight excluding hydrogens is 419 g/mol. The molecule has 0 saturated carbocycles. The lowest BCUT2D eigenvalue weighted by Gasteiger charge is -2.10. The lowest BCUT2D eigenvalue weighted by atomic mass is 10.2. The van der Waals surface area contributed by atoms with Crippen LogP contribution in [-0.4, -0.2) is 31.8 Å². The molecule has 2 N–H and O–H groups in total. The number of rotatable bonds is 6. The summed E-state index contributed by atoms with van der Waals surface area (Å²) in [5.41, 5.74) is 4.45. The van der Waals surface area contributed by atoms with Gasteiger partial charge >= 0.3 is 0 Å². The molecule has 0 aliphatic rings. The number of hydrogen-bond donors (Lipinski definition) is 2. The van der Waals surface area contributed by atoms with E-state index >= 15 is 0 Å². The Bertz CT molecular complexity index is 1000. The topological polar surface area (TPSA) is 68.9 Å². The number of anilines is 2. The van der Waals surface area contributed by atoms with Gasteiger partial charge in [-0.3, -0.25) is 4.68 Å². The van der Waals surface area contributed by atoms with Crippen LogP contribution in [0.5, 0.6) is 0 Å². The van der Waals surface area contributed by atoms with Crippen molar-refractivity contribution < 1.29 is 4.74 Å². The summed E-state index contributed by atoms with van der Waals surface area (Å²) >= 11 is 17.5. The zero-order chi connectivity index (χ0) is 20.3. The minimum atomic E-state index is 0.377. The molecule has 0 radical (unpaired) electrons. The van der Waals surface area contributed by atoms with Crippen LogP contribution in [-0.2, 0) is 18.0 Å². The molecule has 1 aromatic carbocycles. The molecule has 3 aromatic rings. The second-order valence-electron chi connectivity index (χ2n) is 6.22. The van der Waals surface area contributed by atoms with Gasteiger partial charge < -0.3 is 15.4 Å². The minimum absolute atomic E-state index is 0.377. The Kier molecular flexibility index (Phi) is 6.56. The van der Waals surface area contributed by atoms with E-state index in [1.54, 1.807) is 24.1 Å². The number of ether oxygens (including phenoxy) is 1. The average Bonchev–Trinajstić information content (AvgIpc) is 3.18. The SMILES string of the molecule is COCn1cc(NC(=S)Nc2c(C)nn(Cc3ccc(Cl)c(Cl)c3)c2C)cn1. The van der Waals surface area contributed by atoms with E-state index in [0.717, 1.165) is 28.3 Å². The zero-order valence-electron chi connectivity index (χ0n) is 15.7. The van der Waals surface area contributed by atoms with Gasteiger partial charge in [-0.05, 0) is 43.8 Å². The fourth-order valence-corrected chi connectivity index (χ4v) is 3.29. The number of hydrogen-bond acceptors (Lipinski definition) is 4. The molecule has 0 aliphatic heterocycles. The van der Waals surface area contributed by atoms with Crippen molar-refractivity contribution in [3.8, 4) is 0 Å². The summed E-state index contributed by atoms with van der Waals surface area (Å²) in [6.07, 6.45) is 3.49. The van der Waals surface area contributed by atoms with Gasteiger partial charge in [0.05, 0.1) is 51.7 Å². The highest BCUT2D eigenvalue weighted by molar-refractivity contribution is 7.80. The molecule has 0 saturated heterocycles. The lowest BCUT2D eigenvalue weighted by Crippen LogP contribution is -2.19. The van der Waals surface area contributed by atoms with Crippen molar-refractivity contribution >= 4 is 51.9 Å². The molecule has 148 valence electrons. The molecule has 0 amide bonds. The highest BCUT2D eigenvalue weighted by Gasteiger charge is 2.14. The Hall–Kier alpha value is -2.13. The van der Waals surface area contributed by atoms with Gasteiger partial charge in [-0.1, -0.05) is 29.3 Å². The molecule has 2 aromatic heterocycles. The molecule has 10 heteroatoms. The number of methoxy groups -OCH3 is 1. The van der Waals surface area contributed by atoms with Crippen molar-refractivity contribution in [2.45, 2.75) is 27.1 Å². The van der Waals surface area contributed by atoms with Gasteiger partial charge in [-0.25, -0.2) is 4.68 Å².